The first-order valence-electron chi connectivity index (χ1n) is 16.1. The topological polar surface area (TPSA) is 9.23 Å². The van der Waals surface area contributed by atoms with Crippen LogP contribution in [0.3, 0.4) is 0 Å². The molecule has 1 nitrogen and oxygen atoms in total. The van der Waals surface area contributed by atoms with Gasteiger partial charge in [-0.1, -0.05) is 117 Å². The van der Waals surface area contributed by atoms with E-state index in [1.54, 1.807) is 0 Å². The van der Waals surface area contributed by atoms with Crippen LogP contribution in [0.2, 0.25) is 0 Å². The second-order valence-corrected chi connectivity index (χ2v) is 13.3. The van der Waals surface area contributed by atoms with Crippen molar-refractivity contribution in [1.29, 1.82) is 0 Å². The molecule has 0 unspecified atom stereocenters. The van der Waals surface area contributed by atoms with Gasteiger partial charge in [0.2, 0.25) is 0 Å². The van der Waals surface area contributed by atoms with Crippen molar-refractivity contribution in [2.45, 2.75) is 19.3 Å². The Hall–Kier alpha value is -5.66. The van der Waals surface area contributed by atoms with Crippen LogP contribution in [0.5, 0.6) is 11.5 Å². The number of hydrogen-bond acceptors (Lipinski definition) is 1. The first kappa shape index (κ1) is 25.6. The fourth-order valence-electron chi connectivity index (χ4n) is 8.12. The van der Waals surface area contributed by atoms with Crippen molar-refractivity contribution >= 4 is 32.3 Å². The molecule has 1 heterocycles. The Balaban J connectivity index is 1.26. The van der Waals surface area contributed by atoms with Crippen LogP contribution in [0.25, 0.3) is 76.8 Å². The molecule has 0 fully saturated rings. The van der Waals surface area contributed by atoms with E-state index in [1.165, 1.54) is 82.4 Å². The molecule has 0 saturated carbocycles. The number of benzene rings is 8. The molecule has 8 aromatic carbocycles. The molecule has 0 N–H and O–H groups in total. The third kappa shape index (κ3) is 3.51. The third-order valence-electron chi connectivity index (χ3n) is 10.4. The van der Waals surface area contributed by atoms with Gasteiger partial charge in [-0.2, -0.15) is 0 Å². The minimum Gasteiger partial charge on any atom is -0.456 e. The van der Waals surface area contributed by atoms with Crippen molar-refractivity contribution in [2.24, 2.45) is 0 Å². The van der Waals surface area contributed by atoms with Crippen LogP contribution < -0.4 is 4.74 Å². The van der Waals surface area contributed by atoms with E-state index >= 15 is 0 Å². The van der Waals surface area contributed by atoms with Crippen LogP contribution in [0.4, 0.5) is 0 Å². The maximum Gasteiger partial charge on any atom is 0.135 e. The molecule has 0 saturated heterocycles. The van der Waals surface area contributed by atoms with Gasteiger partial charge >= 0.3 is 0 Å². The lowest BCUT2D eigenvalue weighted by atomic mass is 9.80. The fourth-order valence-corrected chi connectivity index (χ4v) is 8.12. The maximum atomic E-state index is 6.47. The number of fused-ring (bicyclic) bond motifs is 7. The summed E-state index contributed by atoms with van der Waals surface area (Å²) < 4.78 is 6.47. The minimum absolute atomic E-state index is 0.161. The second kappa shape index (κ2) is 9.19. The monoisotopic (exact) mass is 586 g/mol. The minimum atomic E-state index is -0.161. The van der Waals surface area contributed by atoms with Gasteiger partial charge in [-0.15, -0.1) is 0 Å². The third-order valence-corrected chi connectivity index (χ3v) is 10.4. The van der Waals surface area contributed by atoms with Crippen molar-refractivity contribution < 1.29 is 4.74 Å². The summed E-state index contributed by atoms with van der Waals surface area (Å²) in [5, 5.41) is 7.49. The summed E-state index contributed by atoms with van der Waals surface area (Å²) >= 11 is 0. The van der Waals surface area contributed by atoms with Gasteiger partial charge in [0.05, 0.1) is 0 Å². The predicted molar refractivity (Wildman–Crippen MR) is 193 cm³/mol. The Morgan fingerprint density at radius 2 is 1.09 bits per heavy atom. The van der Waals surface area contributed by atoms with Gasteiger partial charge in [-0.3, -0.25) is 0 Å². The largest absolute Gasteiger partial charge is 0.456 e. The van der Waals surface area contributed by atoms with E-state index in [1.807, 2.05) is 0 Å². The Morgan fingerprint density at radius 1 is 0.413 bits per heavy atom. The Bertz CT molecular complexity index is 2570. The first-order valence-corrected chi connectivity index (χ1v) is 16.1. The summed E-state index contributed by atoms with van der Waals surface area (Å²) in [5.74, 6) is 1.83. The maximum absolute atomic E-state index is 6.47. The number of rotatable bonds is 2. The van der Waals surface area contributed by atoms with Crippen molar-refractivity contribution in [3.63, 3.8) is 0 Å². The zero-order valence-corrected chi connectivity index (χ0v) is 25.8. The van der Waals surface area contributed by atoms with Gasteiger partial charge in [-0.25, -0.2) is 0 Å². The van der Waals surface area contributed by atoms with Gasteiger partial charge in [-0.05, 0) is 119 Å². The smallest absolute Gasteiger partial charge is 0.135 e. The Morgan fingerprint density at radius 3 is 1.93 bits per heavy atom. The lowest BCUT2D eigenvalue weighted by Gasteiger charge is -2.24. The van der Waals surface area contributed by atoms with E-state index in [0.717, 1.165) is 17.1 Å². The van der Waals surface area contributed by atoms with E-state index in [0.29, 0.717) is 0 Å². The standard InChI is InChI=1S/C45H30O/c1-45(2)39-25-30-12-4-3-11-29(30)23-38(39)44-37(34-17-7-13-27-10-5-6-16-33(27)34)24-32(26-40(44)45)31-20-21-41-36(22-31)35-18-8-14-28-15-9-19-42(46-41)43(28)35/h3-26H,1-2H3. The molecule has 1 aliphatic carbocycles. The molecule has 1 heteroatoms. The van der Waals surface area contributed by atoms with Crippen molar-refractivity contribution in [1.82, 2.24) is 0 Å². The molecule has 0 radical (unpaired) electrons. The van der Waals surface area contributed by atoms with Crippen molar-refractivity contribution in [3.05, 3.63) is 157 Å². The highest BCUT2D eigenvalue weighted by molar-refractivity contribution is 6.07. The second-order valence-electron chi connectivity index (χ2n) is 13.3. The van der Waals surface area contributed by atoms with E-state index in [4.69, 9.17) is 4.74 Å². The van der Waals surface area contributed by atoms with Crippen LogP contribution in [0.15, 0.2) is 146 Å². The highest BCUT2D eigenvalue weighted by atomic mass is 16.5. The van der Waals surface area contributed by atoms with E-state index in [9.17, 15) is 0 Å². The quantitative estimate of drug-likeness (QED) is 0.196. The molecule has 10 rings (SSSR count). The lowest BCUT2D eigenvalue weighted by Crippen LogP contribution is -2.15. The molecule has 0 bridgehead atoms. The summed E-state index contributed by atoms with van der Waals surface area (Å²) in [5.41, 5.74) is 12.6. The summed E-state index contributed by atoms with van der Waals surface area (Å²) in [6.07, 6.45) is 0. The molecular weight excluding hydrogens is 556 g/mol. The first-order chi connectivity index (χ1) is 22.5. The van der Waals surface area contributed by atoms with Crippen LogP contribution in [-0.4, -0.2) is 0 Å². The SMILES string of the molecule is CC1(C)c2cc3ccccc3cc2-c2c(-c3cccc4ccccc34)cc(-c3ccc4c(c3)-c3cccc5cccc(c35)O4)cc21. The Kier molecular flexibility index (Phi) is 5.12. The summed E-state index contributed by atoms with van der Waals surface area (Å²) in [6, 6.07) is 53.5. The van der Waals surface area contributed by atoms with E-state index < -0.39 is 0 Å². The van der Waals surface area contributed by atoms with Gasteiger partial charge in [0.15, 0.2) is 0 Å². The van der Waals surface area contributed by atoms with Crippen LogP contribution >= 0.6 is 0 Å². The summed E-state index contributed by atoms with van der Waals surface area (Å²) in [4.78, 5) is 0. The average Bonchev–Trinajstić information content (AvgIpc) is 3.32. The molecule has 1 aliphatic heterocycles. The molecule has 46 heavy (non-hydrogen) atoms. The van der Waals surface area contributed by atoms with Gasteiger partial charge in [0, 0.05) is 16.4 Å². The average molecular weight is 587 g/mol. The van der Waals surface area contributed by atoms with Crippen molar-refractivity contribution in [3.8, 4) is 56.0 Å². The molecule has 216 valence electrons. The molecular formula is C45H30O. The molecule has 2 aliphatic rings. The zero-order valence-electron chi connectivity index (χ0n) is 25.8. The van der Waals surface area contributed by atoms with Crippen molar-refractivity contribution in [2.75, 3.05) is 0 Å². The lowest BCUT2D eigenvalue weighted by molar-refractivity contribution is 0.487. The van der Waals surface area contributed by atoms with E-state index in [-0.39, 0.29) is 5.41 Å². The fraction of sp³-hybridized carbons (Fsp3) is 0.0667. The zero-order chi connectivity index (χ0) is 30.6. The predicted octanol–water partition coefficient (Wildman–Crippen LogP) is 12.6. The molecule has 0 aromatic heterocycles. The number of ether oxygens (including phenoxy) is 1. The molecule has 0 spiro atoms. The molecule has 8 aromatic rings. The van der Waals surface area contributed by atoms with Crippen LogP contribution in [0, 0.1) is 0 Å². The van der Waals surface area contributed by atoms with Gasteiger partial charge in [0.1, 0.15) is 11.5 Å². The van der Waals surface area contributed by atoms with Crippen LogP contribution in [0.1, 0.15) is 25.0 Å². The molecule has 0 amide bonds. The van der Waals surface area contributed by atoms with E-state index in [2.05, 4.69) is 159 Å². The summed E-state index contributed by atoms with van der Waals surface area (Å²) in [6.45, 7) is 4.78. The highest BCUT2D eigenvalue weighted by Gasteiger charge is 2.38. The number of hydrogen-bond donors (Lipinski definition) is 0. The van der Waals surface area contributed by atoms with Gasteiger partial charge < -0.3 is 4.74 Å². The normalized spacial score (nSPS) is 13.8. The van der Waals surface area contributed by atoms with Crippen LogP contribution in [-0.2, 0) is 5.41 Å². The van der Waals surface area contributed by atoms with Gasteiger partial charge in [0.25, 0.3) is 0 Å². The molecule has 0 atom stereocenters. The highest BCUT2D eigenvalue weighted by Crippen LogP contribution is 2.55. The summed E-state index contributed by atoms with van der Waals surface area (Å²) in [7, 11) is 0. The Labute approximate surface area is 268 Å².